The Bertz CT molecular complexity index is 591. The molecule has 1 aromatic rings. The van der Waals surface area contributed by atoms with Gasteiger partial charge in [-0.3, -0.25) is 9.89 Å². The minimum atomic E-state index is 0. The van der Waals surface area contributed by atoms with E-state index in [0.717, 1.165) is 62.6 Å². The van der Waals surface area contributed by atoms with Gasteiger partial charge in [-0.05, 0) is 51.7 Å². The molecule has 0 atom stereocenters. The molecule has 2 aliphatic heterocycles. The number of aromatic nitrogens is 1. The minimum absolute atomic E-state index is 0. The second kappa shape index (κ2) is 12.0. The number of hydrogen-bond acceptors (Lipinski definition) is 5. The number of nitrogens with zero attached hydrogens (tertiary/aromatic N) is 5. The molecule has 7 nitrogen and oxygen atoms in total. The van der Waals surface area contributed by atoms with Crippen LogP contribution in [0.15, 0.2) is 15.6 Å². The van der Waals surface area contributed by atoms with Gasteiger partial charge >= 0.3 is 0 Å². The van der Waals surface area contributed by atoms with Crippen molar-refractivity contribution in [2.45, 2.75) is 39.7 Å². The van der Waals surface area contributed by atoms with Gasteiger partial charge in [-0.15, -0.1) is 24.0 Å². The van der Waals surface area contributed by atoms with E-state index in [1.165, 1.54) is 38.9 Å². The third-order valence-corrected chi connectivity index (χ3v) is 5.94. The molecule has 0 bridgehead atoms. The van der Waals surface area contributed by atoms with Crippen LogP contribution in [0.1, 0.15) is 37.6 Å². The van der Waals surface area contributed by atoms with Crippen molar-refractivity contribution in [3.63, 3.8) is 0 Å². The predicted molar refractivity (Wildman–Crippen MR) is 124 cm³/mol. The van der Waals surface area contributed by atoms with Gasteiger partial charge in [-0.2, -0.15) is 0 Å². The molecule has 0 radical (unpaired) electrons. The van der Waals surface area contributed by atoms with Crippen LogP contribution in [0.3, 0.4) is 0 Å². The van der Waals surface area contributed by atoms with E-state index >= 15 is 0 Å². The number of piperazine rings is 1. The van der Waals surface area contributed by atoms with Crippen LogP contribution in [0, 0.1) is 12.8 Å². The van der Waals surface area contributed by atoms with E-state index in [4.69, 9.17) is 4.52 Å². The predicted octanol–water partition coefficient (Wildman–Crippen LogP) is 2.42. The summed E-state index contributed by atoms with van der Waals surface area (Å²) in [6.45, 7) is 13.9. The lowest BCUT2D eigenvalue weighted by atomic mass is 9.93. The molecule has 28 heavy (non-hydrogen) atoms. The number of hydrogen-bond donors (Lipinski definition) is 1. The lowest BCUT2D eigenvalue weighted by Gasteiger charge is -2.36. The smallest absolute Gasteiger partial charge is 0.193 e. The first-order valence-corrected chi connectivity index (χ1v) is 10.5. The van der Waals surface area contributed by atoms with Crippen LogP contribution < -0.4 is 5.32 Å². The second-order valence-corrected chi connectivity index (χ2v) is 7.83. The summed E-state index contributed by atoms with van der Waals surface area (Å²) in [5, 5.41) is 7.70. The van der Waals surface area contributed by atoms with Gasteiger partial charge in [0.25, 0.3) is 0 Å². The van der Waals surface area contributed by atoms with Crippen molar-refractivity contribution in [3.05, 3.63) is 17.5 Å². The van der Waals surface area contributed by atoms with Crippen molar-refractivity contribution < 1.29 is 4.52 Å². The molecular weight excluding hydrogens is 467 g/mol. The van der Waals surface area contributed by atoms with Crippen molar-refractivity contribution in [1.29, 1.82) is 0 Å². The lowest BCUT2D eigenvalue weighted by Crippen LogP contribution is -2.52. The van der Waals surface area contributed by atoms with Gasteiger partial charge in [0, 0.05) is 52.4 Å². The molecule has 0 saturated carbocycles. The van der Waals surface area contributed by atoms with E-state index in [9.17, 15) is 0 Å². The summed E-state index contributed by atoms with van der Waals surface area (Å²) >= 11 is 0. The van der Waals surface area contributed by atoms with Crippen molar-refractivity contribution in [1.82, 2.24) is 25.2 Å². The van der Waals surface area contributed by atoms with Gasteiger partial charge in [0.2, 0.25) is 0 Å². The number of aliphatic imine (C=N–C) groups is 1. The summed E-state index contributed by atoms with van der Waals surface area (Å²) in [7, 11) is 1.90. The van der Waals surface area contributed by atoms with Crippen LogP contribution in [0.4, 0.5) is 0 Å². The zero-order valence-corrected chi connectivity index (χ0v) is 20.0. The van der Waals surface area contributed by atoms with Crippen LogP contribution in [-0.4, -0.2) is 85.2 Å². The molecule has 2 aliphatic rings. The SMILES string of the molecule is CCN1CCC(CCNC(=NC)N2CCN(Cc3cc(C)on3)CC2)CC1.I. The number of aryl methyl sites for hydroxylation is 1. The molecule has 3 rings (SSSR count). The Hall–Kier alpha value is -0.870. The standard InChI is InChI=1S/C20H36N6O.HI/c1-4-24-9-6-18(7-10-24)5-8-22-20(21-3)26-13-11-25(12-14-26)16-19-15-17(2)27-23-19;/h15,18H,4-14,16H2,1-3H3,(H,21,22);1H. The molecule has 160 valence electrons. The number of halogens is 1. The van der Waals surface area contributed by atoms with Crippen LogP contribution in [0.25, 0.3) is 0 Å². The Labute approximate surface area is 186 Å². The fraction of sp³-hybridized carbons (Fsp3) is 0.800. The van der Waals surface area contributed by atoms with Crippen LogP contribution in [0.5, 0.6) is 0 Å². The average Bonchev–Trinajstić information content (AvgIpc) is 3.11. The van der Waals surface area contributed by atoms with E-state index in [-0.39, 0.29) is 24.0 Å². The highest BCUT2D eigenvalue weighted by molar-refractivity contribution is 14.0. The van der Waals surface area contributed by atoms with Crippen LogP contribution in [0.2, 0.25) is 0 Å². The molecule has 0 amide bonds. The molecule has 1 N–H and O–H groups in total. The summed E-state index contributed by atoms with van der Waals surface area (Å²) in [4.78, 5) is 11.9. The zero-order valence-electron chi connectivity index (χ0n) is 17.7. The van der Waals surface area contributed by atoms with Crippen LogP contribution in [-0.2, 0) is 6.54 Å². The second-order valence-electron chi connectivity index (χ2n) is 7.83. The molecule has 0 spiro atoms. The quantitative estimate of drug-likeness (QED) is 0.365. The summed E-state index contributed by atoms with van der Waals surface area (Å²) in [5.74, 6) is 2.80. The Morgan fingerprint density at radius 2 is 1.89 bits per heavy atom. The highest BCUT2D eigenvalue weighted by Crippen LogP contribution is 2.19. The highest BCUT2D eigenvalue weighted by atomic mass is 127. The molecule has 1 aromatic heterocycles. The highest BCUT2D eigenvalue weighted by Gasteiger charge is 2.21. The molecule has 0 aliphatic carbocycles. The van der Waals surface area contributed by atoms with E-state index in [1.807, 2.05) is 20.0 Å². The van der Waals surface area contributed by atoms with Gasteiger partial charge in [0.15, 0.2) is 5.96 Å². The van der Waals surface area contributed by atoms with Crippen molar-refractivity contribution in [2.75, 3.05) is 59.4 Å². The lowest BCUT2D eigenvalue weighted by molar-refractivity contribution is 0.168. The molecule has 0 unspecified atom stereocenters. The largest absolute Gasteiger partial charge is 0.361 e. The van der Waals surface area contributed by atoms with E-state index in [1.54, 1.807) is 0 Å². The van der Waals surface area contributed by atoms with Gasteiger partial charge in [-0.25, -0.2) is 0 Å². The number of guanidine groups is 1. The Morgan fingerprint density at radius 3 is 2.46 bits per heavy atom. The third-order valence-electron chi connectivity index (χ3n) is 5.94. The summed E-state index contributed by atoms with van der Waals surface area (Å²) in [5.41, 5.74) is 1.03. The topological polar surface area (TPSA) is 60.1 Å². The summed E-state index contributed by atoms with van der Waals surface area (Å²) in [6.07, 6.45) is 3.94. The zero-order chi connectivity index (χ0) is 19.1. The van der Waals surface area contributed by atoms with E-state index in [0.29, 0.717) is 0 Å². The van der Waals surface area contributed by atoms with Gasteiger partial charge in [-0.1, -0.05) is 12.1 Å². The molecule has 2 saturated heterocycles. The summed E-state index contributed by atoms with van der Waals surface area (Å²) in [6, 6.07) is 2.03. The summed E-state index contributed by atoms with van der Waals surface area (Å²) < 4.78 is 5.17. The third kappa shape index (κ3) is 6.88. The van der Waals surface area contributed by atoms with E-state index < -0.39 is 0 Å². The Kier molecular flexibility index (Phi) is 10.0. The number of likely N-dealkylation sites (tertiary alicyclic amines) is 1. The fourth-order valence-corrected chi connectivity index (χ4v) is 4.15. The monoisotopic (exact) mass is 504 g/mol. The van der Waals surface area contributed by atoms with Crippen LogP contribution >= 0.6 is 24.0 Å². The maximum atomic E-state index is 5.17. The number of piperidine rings is 1. The first-order valence-electron chi connectivity index (χ1n) is 10.5. The Balaban J connectivity index is 0.00000280. The maximum Gasteiger partial charge on any atom is 0.193 e. The van der Waals surface area contributed by atoms with E-state index in [2.05, 4.69) is 37.1 Å². The van der Waals surface area contributed by atoms with Crippen molar-refractivity contribution >= 4 is 29.9 Å². The molecule has 3 heterocycles. The number of nitrogens with one attached hydrogen (secondary N) is 1. The van der Waals surface area contributed by atoms with Gasteiger partial charge < -0.3 is 19.6 Å². The molecule has 8 heteroatoms. The Morgan fingerprint density at radius 1 is 1.18 bits per heavy atom. The molecule has 0 aromatic carbocycles. The first kappa shape index (κ1) is 23.4. The average molecular weight is 504 g/mol. The normalized spacial score (nSPS) is 20.2. The number of rotatable bonds is 6. The van der Waals surface area contributed by atoms with Gasteiger partial charge in [0.1, 0.15) is 5.76 Å². The maximum absolute atomic E-state index is 5.17. The minimum Gasteiger partial charge on any atom is -0.361 e. The first-order chi connectivity index (χ1) is 13.2. The molecule has 2 fully saturated rings. The van der Waals surface area contributed by atoms with Gasteiger partial charge in [0.05, 0.1) is 5.69 Å². The van der Waals surface area contributed by atoms with Crippen molar-refractivity contribution in [3.8, 4) is 0 Å². The fourth-order valence-electron chi connectivity index (χ4n) is 4.15. The van der Waals surface area contributed by atoms with Crippen molar-refractivity contribution in [2.24, 2.45) is 10.9 Å². The molecular formula is C20H37IN6O.